The van der Waals surface area contributed by atoms with Crippen LogP contribution in [0.3, 0.4) is 0 Å². The number of phenolic OH excluding ortho intramolecular Hbond substituents is 1. The van der Waals surface area contributed by atoms with Crippen LogP contribution in [0.5, 0.6) is 17.2 Å². The number of hydrogen-bond donors (Lipinski definition) is 1. The predicted molar refractivity (Wildman–Crippen MR) is 132 cm³/mol. The zero-order valence-electron chi connectivity index (χ0n) is 19.4. The van der Waals surface area contributed by atoms with Crippen molar-refractivity contribution in [1.82, 2.24) is 4.90 Å². The first kappa shape index (κ1) is 21.8. The van der Waals surface area contributed by atoms with Gasteiger partial charge in [0.05, 0.1) is 7.11 Å². The molecule has 4 heteroatoms. The number of benzene rings is 3. The summed E-state index contributed by atoms with van der Waals surface area (Å²) in [6.45, 7) is 4.12. The highest BCUT2D eigenvalue weighted by molar-refractivity contribution is 5.53. The molecule has 1 N–H and O–H groups in total. The summed E-state index contributed by atoms with van der Waals surface area (Å²) in [5.41, 5.74) is 5.04. The number of methoxy groups -OCH3 is 1. The van der Waals surface area contributed by atoms with Crippen molar-refractivity contribution in [3.8, 4) is 17.2 Å². The van der Waals surface area contributed by atoms with Gasteiger partial charge in [-0.3, -0.25) is 4.90 Å². The molecule has 0 amide bonds. The molecule has 1 saturated heterocycles. The smallest absolute Gasteiger partial charge is 0.160 e. The van der Waals surface area contributed by atoms with Gasteiger partial charge in [0.15, 0.2) is 11.5 Å². The van der Waals surface area contributed by atoms with Gasteiger partial charge in [0.1, 0.15) is 12.4 Å². The molecule has 2 atom stereocenters. The van der Waals surface area contributed by atoms with Crippen LogP contribution in [-0.2, 0) is 6.42 Å². The molecule has 1 fully saturated rings. The fraction of sp³-hybridized carbons (Fsp3) is 0.379. The molecule has 0 aromatic heterocycles. The third-order valence-electron chi connectivity index (χ3n) is 7.24. The van der Waals surface area contributed by atoms with Gasteiger partial charge < -0.3 is 14.6 Å². The van der Waals surface area contributed by atoms with E-state index in [1.54, 1.807) is 7.11 Å². The molecule has 1 heterocycles. The van der Waals surface area contributed by atoms with Crippen molar-refractivity contribution < 1.29 is 14.6 Å². The van der Waals surface area contributed by atoms with E-state index in [0.29, 0.717) is 11.7 Å². The van der Waals surface area contributed by atoms with Crippen LogP contribution in [-0.4, -0.2) is 43.4 Å². The molecule has 0 spiro atoms. The molecule has 4 nitrogen and oxygen atoms in total. The Bertz CT molecular complexity index is 1060. The molecule has 33 heavy (non-hydrogen) atoms. The molecule has 2 aliphatic rings. The lowest BCUT2D eigenvalue weighted by Gasteiger charge is -2.35. The van der Waals surface area contributed by atoms with Gasteiger partial charge in [-0.2, -0.15) is 0 Å². The Morgan fingerprint density at radius 1 is 0.939 bits per heavy atom. The summed E-state index contributed by atoms with van der Waals surface area (Å²) in [6.07, 6.45) is 4.65. The van der Waals surface area contributed by atoms with Crippen molar-refractivity contribution in [3.63, 3.8) is 0 Å². The maximum Gasteiger partial charge on any atom is 0.160 e. The third kappa shape index (κ3) is 4.72. The first-order chi connectivity index (χ1) is 16.2. The lowest BCUT2D eigenvalue weighted by molar-refractivity contribution is 0.237. The predicted octanol–water partition coefficient (Wildman–Crippen LogP) is 5.74. The summed E-state index contributed by atoms with van der Waals surface area (Å²) in [5.74, 6) is 2.20. The van der Waals surface area contributed by atoms with Gasteiger partial charge in [0.25, 0.3) is 0 Å². The van der Waals surface area contributed by atoms with E-state index in [1.165, 1.54) is 48.2 Å². The molecule has 0 bridgehead atoms. The van der Waals surface area contributed by atoms with E-state index < -0.39 is 0 Å². The molecule has 172 valence electrons. The average molecular weight is 444 g/mol. The minimum atomic E-state index is 0.173. The first-order valence-corrected chi connectivity index (χ1v) is 12.1. The topological polar surface area (TPSA) is 41.9 Å². The Labute approximate surface area is 196 Å². The van der Waals surface area contributed by atoms with E-state index in [2.05, 4.69) is 59.5 Å². The van der Waals surface area contributed by atoms with Gasteiger partial charge in [-0.15, -0.1) is 0 Å². The maximum atomic E-state index is 10.6. The van der Waals surface area contributed by atoms with Crippen LogP contribution in [0.1, 0.15) is 53.4 Å². The highest BCUT2D eigenvalue weighted by Gasteiger charge is 2.33. The van der Waals surface area contributed by atoms with E-state index in [1.807, 2.05) is 12.1 Å². The second-order valence-corrected chi connectivity index (χ2v) is 9.22. The summed E-state index contributed by atoms with van der Waals surface area (Å²) in [4.78, 5) is 2.47. The van der Waals surface area contributed by atoms with E-state index in [9.17, 15) is 5.11 Å². The minimum absolute atomic E-state index is 0.173. The fourth-order valence-electron chi connectivity index (χ4n) is 5.53. The van der Waals surface area contributed by atoms with Crippen molar-refractivity contribution >= 4 is 0 Å². The van der Waals surface area contributed by atoms with Crippen LogP contribution < -0.4 is 9.47 Å². The lowest BCUT2D eigenvalue weighted by atomic mass is 9.69. The molecule has 0 radical (unpaired) electrons. The van der Waals surface area contributed by atoms with Crippen LogP contribution in [0.2, 0.25) is 0 Å². The molecular weight excluding hydrogens is 410 g/mol. The van der Waals surface area contributed by atoms with Gasteiger partial charge in [0.2, 0.25) is 0 Å². The summed E-state index contributed by atoms with van der Waals surface area (Å²) in [5, 5.41) is 10.6. The Hall–Kier alpha value is -2.98. The Morgan fingerprint density at radius 3 is 2.42 bits per heavy atom. The number of phenols is 1. The average Bonchev–Trinajstić information content (AvgIpc) is 3.38. The first-order valence-electron chi connectivity index (χ1n) is 12.1. The van der Waals surface area contributed by atoms with E-state index in [0.717, 1.165) is 31.7 Å². The van der Waals surface area contributed by atoms with Gasteiger partial charge in [-0.05, 0) is 91.2 Å². The van der Waals surface area contributed by atoms with Crippen molar-refractivity contribution in [2.24, 2.45) is 0 Å². The Balaban J connectivity index is 1.42. The van der Waals surface area contributed by atoms with E-state index >= 15 is 0 Å². The second-order valence-electron chi connectivity index (χ2n) is 9.22. The highest BCUT2D eigenvalue weighted by atomic mass is 16.5. The normalized spacial score (nSPS) is 20.4. The SMILES string of the molecule is COc1cc2c(cc1O)C(c1ccc(OCCN3CCCC3)cc1)C(c1ccccc1)CC2. The highest BCUT2D eigenvalue weighted by Crippen LogP contribution is 2.48. The van der Waals surface area contributed by atoms with Crippen molar-refractivity contribution in [1.29, 1.82) is 0 Å². The van der Waals surface area contributed by atoms with Gasteiger partial charge in [-0.1, -0.05) is 42.5 Å². The molecule has 3 aromatic rings. The summed E-state index contributed by atoms with van der Waals surface area (Å²) in [6, 6.07) is 23.3. The molecule has 2 unspecified atom stereocenters. The van der Waals surface area contributed by atoms with Crippen LogP contribution in [0.25, 0.3) is 0 Å². The summed E-state index contributed by atoms with van der Waals surface area (Å²) >= 11 is 0. The number of likely N-dealkylation sites (tertiary alicyclic amines) is 1. The number of ether oxygens (including phenoxy) is 2. The number of fused-ring (bicyclic) bond motifs is 1. The van der Waals surface area contributed by atoms with Crippen molar-refractivity contribution in [2.45, 2.75) is 37.5 Å². The molecule has 3 aromatic carbocycles. The van der Waals surface area contributed by atoms with E-state index in [-0.39, 0.29) is 11.7 Å². The Kier molecular flexibility index (Phi) is 6.54. The summed E-state index contributed by atoms with van der Waals surface area (Å²) in [7, 11) is 1.61. The lowest BCUT2D eigenvalue weighted by Crippen LogP contribution is -2.25. The third-order valence-corrected chi connectivity index (χ3v) is 7.24. The number of hydrogen-bond acceptors (Lipinski definition) is 4. The molecule has 0 saturated carbocycles. The van der Waals surface area contributed by atoms with Crippen LogP contribution in [0, 0.1) is 0 Å². The quantitative estimate of drug-likeness (QED) is 0.506. The maximum absolute atomic E-state index is 10.6. The van der Waals surface area contributed by atoms with Crippen LogP contribution in [0.4, 0.5) is 0 Å². The summed E-state index contributed by atoms with van der Waals surface area (Å²) < 4.78 is 11.4. The zero-order valence-corrected chi connectivity index (χ0v) is 19.4. The monoisotopic (exact) mass is 443 g/mol. The van der Waals surface area contributed by atoms with E-state index in [4.69, 9.17) is 9.47 Å². The number of aryl methyl sites for hydroxylation is 1. The molecular formula is C29H33NO3. The standard InChI is InChI=1S/C29H33NO3/c1-32-28-19-23-11-14-25(21-7-3-2-4-8-21)29(26(23)20-27(28)31)22-9-12-24(13-10-22)33-18-17-30-15-5-6-16-30/h2-4,7-10,12-13,19-20,25,29,31H,5-6,11,14-18H2,1H3. The number of rotatable bonds is 7. The number of nitrogens with zero attached hydrogens (tertiary/aromatic N) is 1. The van der Waals surface area contributed by atoms with Crippen molar-refractivity contribution in [2.75, 3.05) is 33.4 Å². The largest absolute Gasteiger partial charge is 0.504 e. The van der Waals surface area contributed by atoms with Gasteiger partial charge >= 0.3 is 0 Å². The van der Waals surface area contributed by atoms with Crippen LogP contribution >= 0.6 is 0 Å². The van der Waals surface area contributed by atoms with Crippen LogP contribution in [0.15, 0.2) is 66.7 Å². The van der Waals surface area contributed by atoms with Gasteiger partial charge in [-0.25, -0.2) is 0 Å². The molecule has 5 rings (SSSR count). The molecule has 1 aliphatic carbocycles. The van der Waals surface area contributed by atoms with Crippen molar-refractivity contribution in [3.05, 3.63) is 89.0 Å². The van der Waals surface area contributed by atoms with Gasteiger partial charge in [0, 0.05) is 12.5 Å². The minimum Gasteiger partial charge on any atom is -0.504 e. The zero-order chi connectivity index (χ0) is 22.6. The fourth-order valence-corrected chi connectivity index (χ4v) is 5.53. The Morgan fingerprint density at radius 2 is 1.70 bits per heavy atom. The second kappa shape index (κ2) is 9.88. The molecule has 1 aliphatic heterocycles. The number of aromatic hydroxyl groups is 1.